The van der Waals surface area contributed by atoms with Crippen LogP contribution in [0.3, 0.4) is 0 Å². The first-order valence-corrected chi connectivity index (χ1v) is 9.45. The molecule has 0 unspecified atom stereocenters. The summed E-state index contributed by atoms with van der Waals surface area (Å²) >= 11 is 0. The minimum atomic E-state index is 0.795. The van der Waals surface area contributed by atoms with Crippen molar-refractivity contribution < 1.29 is 0 Å². The van der Waals surface area contributed by atoms with Crippen LogP contribution >= 0.6 is 0 Å². The van der Waals surface area contributed by atoms with Crippen LogP contribution in [0.15, 0.2) is 18.2 Å². The van der Waals surface area contributed by atoms with Crippen molar-refractivity contribution >= 4 is 0 Å². The number of benzene rings is 1. The number of aryl methyl sites for hydroxylation is 4. The molecular weight excluding hydrogens is 294 g/mol. The van der Waals surface area contributed by atoms with E-state index in [9.17, 15) is 0 Å². The van der Waals surface area contributed by atoms with Gasteiger partial charge < -0.3 is 0 Å². The minimum Gasteiger partial charge on any atom is -0.219 e. The summed E-state index contributed by atoms with van der Waals surface area (Å²) in [6.45, 7) is 8.38. The molecule has 0 amide bonds. The Morgan fingerprint density at radius 1 is 0.750 bits per heavy atom. The van der Waals surface area contributed by atoms with Gasteiger partial charge in [-0.2, -0.15) is 0 Å². The highest BCUT2D eigenvalue weighted by molar-refractivity contribution is 5.61. The number of rotatable bonds is 9. The zero-order chi connectivity index (χ0) is 17.4. The molecule has 0 fully saturated rings. The van der Waals surface area contributed by atoms with Crippen LogP contribution in [0.1, 0.15) is 75.1 Å². The second-order valence-corrected chi connectivity index (χ2v) is 6.66. The van der Waals surface area contributed by atoms with E-state index in [-0.39, 0.29) is 0 Å². The van der Waals surface area contributed by atoms with Crippen molar-refractivity contribution in [1.82, 2.24) is 15.0 Å². The summed E-state index contributed by atoms with van der Waals surface area (Å²) < 4.78 is 0. The highest BCUT2D eigenvalue weighted by atomic mass is 15.0. The van der Waals surface area contributed by atoms with Crippen molar-refractivity contribution in [3.8, 4) is 11.4 Å². The molecule has 0 spiro atoms. The van der Waals surface area contributed by atoms with Crippen LogP contribution in [0.5, 0.6) is 0 Å². The molecule has 0 radical (unpaired) electrons. The molecule has 0 bridgehead atoms. The summed E-state index contributed by atoms with van der Waals surface area (Å²) in [5, 5.41) is 0. The van der Waals surface area contributed by atoms with Gasteiger partial charge in [-0.1, -0.05) is 57.7 Å². The molecule has 0 aliphatic rings. The van der Waals surface area contributed by atoms with Gasteiger partial charge >= 0.3 is 0 Å². The van der Waals surface area contributed by atoms with Crippen LogP contribution < -0.4 is 0 Å². The predicted molar refractivity (Wildman–Crippen MR) is 101 cm³/mol. The van der Waals surface area contributed by atoms with Gasteiger partial charge in [-0.25, -0.2) is 15.0 Å². The molecule has 1 aromatic carbocycles. The van der Waals surface area contributed by atoms with Gasteiger partial charge in [0.1, 0.15) is 11.6 Å². The summed E-state index contributed by atoms with van der Waals surface area (Å²) in [6, 6.07) is 6.86. The Morgan fingerprint density at radius 3 is 2.00 bits per heavy atom. The largest absolute Gasteiger partial charge is 0.219 e. The molecule has 0 saturated heterocycles. The molecule has 0 aliphatic heterocycles. The zero-order valence-corrected chi connectivity index (χ0v) is 15.7. The Bertz CT molecular complexity index is 629. The van der Waals surface area contributed by atoms with Crippen molar-refractivity contribution in [2.45, 2.75) is 79.1 Å². The van der Waals surface area contributed by atoms with Crippen LogP contribution in [0.2, 0.25) is 0 Å². The van der Waals surface area contributed by atoms with Crippen molar-refractivity contribution in [3.05, 3.63) is 41.0 Å². The van der Waals surface area contributed by atoms with Gasteiger partial charge in [0.2, 0.25) is 0 Å². The van der Waals surface area contributed by atoms with Gasteiger partial charge in [-0.05, 0) is 50.7 Å². The smallest absolute Gasteiger partial charge is 0.163 e. The number of nitrogens with zero attached hydrogens (tertiary/aromatic N) is 3. The molecular formula is C21H31N3. The van der Waals surface area contributed by atoms with Crippen LogP contribution in [0, 0.1) is 13.8 Å². The third-order valence-corrected chi connectivity index (χ3v) is 4.39. The highest BCUT2D eigenvalue weighted by Gasteiger charge is 2.11. The Labute approximate surface area is 147 Å². The molecule has 2 rings (SSSR count). The molecule has 3 nitrogen and oxygen atoms in total. The molecule has 0 N–H and O–H groups in total. The third-order valence-electron chi connectivity index (χ3n) is 4.39. The molecule has 2 aromatic rings. The van der Waals surface area contributed by atoms with Gasteiger partial charge in [0.15, 0.2) is 5.82 Å². The number of hydrogen-bond donors (Lipinski definition) is 0. The van der Waals surface area contributed by atoms with Crippen molar-refractivity contribution in [2.75, 3.05) is 0 Å². The van der Waals surface area contributed by atoms with Crippen LogP contribution in [0.25, 0.3) is 11.4 Å². The minimum absolute atomic E-state index is 0.795. The Kier molecular flexibility index (Phi) is 7.36. The van der Waals surface area contributed by atoms with E-state index >= 15 is 0 Å². The van der Waals surface area contributed by atoms with Crippen LogP contribution in [-0.4, -0.2) is 15.0 Å². The maximum absolute atomic E-state index is 4.58. The fourth-order valence-electron chi connectivity index (χ4n) is 3.11. The maximum Gasteiger partial charge on any atom is 0.163 e. The van der Waals surface area contributed by atoms with E-state index in [1.165, 1.54) is 61.6 Å². The van der Waals surface area contributed by atoms with Crippen molar-refractivity contribution in [3.63, 3.8) is 0 Å². The number of unbranched alkanes of at least 4 members (excludes halogenated alkanes) is 4. The first kappa shape index (κ1) is 18.6. The maximum atomic E-state index is 4.58. The topological polar surface area (TPSA) is 38.7 Å². The normalized spacial score (nSPS) is 11.0. The molecule has 24 heavy (non-hydrogen) atoms. The molecule has 0 saturated carbocycles. The lowest BCUT2D eigenvalue weighted by molar-refractivity contribution is 0.709. The van der Waals surface area contributed by atoms with Crippen molar-refractivity contribution in [2.24, 2.45) is 0 Å². The van der Waals surface area contributed by atoms with Gasteiger partial charge in [-0.15, -0.1) is 0 Å². The first-order valence-electron chi connectivity index (χ1n) is 9.45. The summed E-state index contributed by atoms with van der Waals surface area (Å²) in [5.41, 5.74) is 4.02. The number of hydrogen-bond acceptors (Lipinski definition) is 3. The molecule has 130 valence electrons. The molecule has 0 atom stereocenters. The summed E-state index contributed by atoms with van der Waals surface area (Å²) in [5.74, 6) is 2.42. The van der Waals surface area contributed by atoms with E-state index in [0.717, 1.165) is 23.9 Å². The Hall–Kier alpha value is -1.77. The average molecular weight is 326 g/mol. The second-order valence-electron chi connectivity index (χ2n) is 6.66. The van der Waals surface area contributed by atoms with E-state index in [2.05, 4.69) is 47.0 Å². The van der Waals surface area contributed by atoms with E-state index < -0.39 is 0 Å². The lowest BCUT2D eigenvalue weighted by Crippen LogP contribution is -2.02. The van der Waals surface area contributed by atoms with E-state index in [4.69, 9.17) is 0 Å². The standard InChI is InChI=1S/C21H31N3/c1-5-7-9-11-18-13-14-20(19(15-18)12-10-8-6-2)21-23-16(3)22-17(4)24-21/h13-15H,5-12H2,1-4H3. The van der Waals surface area contributed by atoms with Gasteiger partial charge in [0.25, 0.3) is 0 Å². The second kappa shape index (κ2) is 9.51. The molecule has 1 heterocycles. The molecule has 3 heteroatoms. The Morgan fingerprint density at radius 2 is 1.38 bits per heavy atom. The van der Waals surface area contributed by atoms with E-state index in [0.29, 0.717) is 0 Å². The van der Waals surface area contributed by atoms with Gasteiger partial charge in [0.05, 0.1) is 0 Å². The van der Waals surface area contributed by atoms with Gasteiger partial charge in [-0.3, -0.25) is 0 Å². The fourth-order valence-corrected chi connectivity index (χ4v) is 3.11. The average Bonchev–Trinajstić information content (AvgIpc) is 2.55. The molecule has 0 aliphatic carbocycles. The third kappa shape index (κ3) is 5.40. The zero-order valence-electron chi connectivity index (χ0n) is 15.7. The lowest BCUT2D eigenvalue weighted by Gasteiger charge is -2.12. The first-order chi connectivity index (χ1) is 11.6. The van der Waals surface area contributed by atoms with E-state index in [1.807, 2.05) is 13.8 Å². The predicted octanol–water partition coefficient (Wildman–Crippen LogP) is 5.62. The van der Waals surface area contributed by atoms with Crippen molar-refractivity contribution in [1.29, 1.82) is 0 Å². The molecule has 1 aromatic heterocycles. The fraction of sp³-hybridized carbons (Fsp3) is 0.571. The van der Waals surface area contributed by atoms with E-state index in [1.54, 1.807) is 0 Å². The monoisotopic (exact) mass is 325 g/mol. The van der Waals surface area contributed by atoms with Crippen LogP contribution in [-0.2, 0) is 12.8 Å². The summed E-state index contributed by atoms with van der Waals surface area (Å²) in [4.78, 5) is 13.5. The number of aromatic nitrogens is 3. The summed E-state index contributed by atoms with van der Waals surface area (Å²) in [7, 11) is 0. The van der Waals surface area contributed by atoms with Gasteiger partial charge in [0, 0.05) is 5.56 Å². The summed E-state index contributed by atoms with van der Waals surface area (Å²) in [6.07, 6.45) is 9.87. The highest BCUT2D eigenvalue weighted by Crippen LogP contribution is 2.25. The van der Waals surface area contributed by atoms with Crippen LogP contribution in [0.4, 0.5) is 0 Å². The quantitative estimate of drug-likeness (QED) is 0.562. The Balaban J connectivity index is 2.30. The lowest BCUT2D eigenvalue weighted by atomic mass is 9.96. The SMILES string of the molecule is CCCCCc1ccc(-c2nc(C)nc(C)n2)c(CCCCC)c1.